The monoisotopic (exact) mass is 352 g/mol. The van der Waals surface area contributed by atoms with Crippen LogP contribution < -0.4 is 0 Å². The topological polar surface area (TPSA) is 40.6 Å². The van der Waals surface area contributed by atoms with E-state index in [1.54, 1.807) is 24.3 Å². The number of hydrogen-bond acceptors (Lipinski definition) is 3. The third-order valence-corrected chi connectivity index (χ3v) is 5.80. The summed E-state index contributed by atoms with van der Waals surface area (Å²) in [5.74, 6) is 0. The van der Waals surface area contributed by atoms with Gasteiger partial charge < -0.3 is 4.90 Å². The fourth-order valence-corrected chi connectivity index (χ4v) is 4.09. The van der Waals surface area contributed by atoms with Gasteiger partial charge in [-0.2, -0.15) is 4.31 Å². The van der Waals surface area contributed by atoms with E-state index >= 15 is 0 Å². The summed E-state index contributed by atoms with van der Waals surface area (Å²) in [6.07, 6.45) is 0. The van der Waals surface area contributed by atoms with E-state index < -0.39 is 10.0 Å². The summed E-state index contributed by atoms with van der Waals surface area (Å²) in [6.45, 7) is 1.36. The Bertz CT molecular complexity index is 733. The van der Waals surface area contributed by atoms with Crippen molar-refractivity contribution < 1.29 is 8.42 Å². The molecule has 0 aliphatic rings. The van der Waals surface area contributed by atoms with E-state index in [4.69, 9.17) is 11.6 Å². The number of halogens is 1. The van der Waals surface area contributed by atoms with E-state index in [0.29, 0.717) is 19.6 Å². The Balaban J connectivity index is 2.34. The number of benzene rings is 2. The molecule has 4 nitrogen and oxygen atoms in total. The summed E-state index contributed by atoms with van der Waals surface area (Å²) < 4.78 is 27.5. The summed E-state index contributed by atoms with van der Waals surface area (Å²) >= 11 is 6.10. The van der Waals surface area contributed by atoms with Crippen LogP contribution >= 0.6 is 11.6 Å². The maximum Gasteiger partial charge on any atom is 0.244 e. The molecular formula is C17H21ClN2O2S. The molecule has 0 aliphatic carbocycles. The molecule has 0 unspecified atom stereocenters. The van der Waals surface area contributed by atoms with Crippen LogP contribution in [0, 0.1) is 0 Å². The molecule has 0 saturated heterocycles. The Hall–Kier alpha value is -1.40. The second-order valence-electron chi connectivity index (χ2n) is 5.56. The first-order valence-electron chi connectivity index (χ1n) is 7.34. The van der Waals surface area contributed by atoms with E-state index in [2.05, 4.69) is 0 Å². The predicted octanol–water partition coefficient (Wildman–Crippen LogP) is 3.09. The molecule has 0 spiro atoms. The first-order valence-corrected chi connectivity index (χ1v) is 9.16. The van der Waals surface area contributed by atoms with Crippen LogP contribution in [0.2, 0.25) is 5.02 Å². The molecular weight excluding hydrogens is 332 g/mol. The van der Waals surface area contributed by atoms with Gasteiger partial charge in [-0.05, 0) is 31.8 Å². The average Bonchev–Trinajstić information content (AvgIpc) is 2.52. The number of sulfonamides is 1. The minimum atomic E-state index is -3.65. The van der Waals surface area contributed by atoms with E-state index in [1.165, 1.54) is 4.31 Å². The summed E-state index contributed by atoms with van der Waals surface area (Å²) in [5, 5.41) is 0.246. The molecule has 2 aromatic carbocycles. The second-order valence-corrected chi connectivity index (χ2v) is 7.87. The maximum atomic E-state index is 13.0. The SMILES string of the molecule is CN(C)CCN(Cc1ccccc1)S(=O)(=O)c1ccccc1Cl. The van der Waals surface area contributed by atoms with E-state index in [1.807, 2.05) is 49.3 Å². The molecule has 2 rings (SSSR count). The Morgan fingerprint density at radius 2 is 1.52 bits per heavy atom. The third-order valence-electron chi connectivity index (χ3n) is 3.45. The van der Waals surface area contributed by atoms with E-state index in [0.717, 1.165) is 5.56 Å². The lowest BCUT2D eigenvalue weighted by molar-refractivity contribution is 0.329. The van der Waals surface area contributed by atoms with Crippen molar-refractivity contribution in [3.8, 4) is 0 Å². The Labute approximate surface area is 143 Å². The Morgan fingerprint density at radius 3 is 2.13 bits per heavy atom. The van der Waals surface area contributed by atoms with Crippen molar-refractivity contribution in [1.29, 1.82) is 0 Å². The van der Waals surface area contributed by atoms with Gasteiger partial charge in [-0.3, -0.25) is 0 Å². The predicted molar refractivity (Wildman–Crippen MR) is 94.0 cm³/mol. The summed E-state index contributed by atoms with van der Waals surface area (Å²) in [5.41, 5.74) is 0.946. The largest absolute Gasteiger partial charge is 0.308 e. The van der Waals surface area contributed by atoms with Gasteiger partial charge in [-0.15, -0.1) is 0 Å². The molecule has 124 valence electrons. The van der Waals surface area contributed by atoms with Gasteiger partial charge >= 0.3 is 0 Å². The number of nitrogens with zero attached hydrogens (tertiary/aromatic N) is 2. The van der Waals surface area contributed by atoms with Crippen LogP contribution in [0.25, 0.3) is 0 Å². The lowest BCUT2D eigenvalue weighted by atomic mass is 10.2. The summed E-state index contributed by atoms with van der Waals surface area (Å²) in [4.78, 5) is 2.11. The Kier molecular flexibility index (Phi) is 6.18. The normalized spacial score (nSPS) is 12.0. The fourth-order valence-electron chi connectivity index (χ4n) is 2.18. The number of likely N-dealkylation sites (N-methyl/N-ethyl adjacent to an activating group) is 1. The fraction of sp³-hybridized carbons (Fsp3) is 0.294. The van der Waals surface area contributed by atoms with Crippen molar-refractivity contribution >= 4 is 21.6 Å². The highest BCUT2D eigenvalue weighted by Crippen LogP contribution is 2.25. The lowest BCUT2D eigenvalue weighted by Crippen LogP contribution is -2.36. The van der Waals surface area contributed by atoms with Crippen molar-refractivity contribution in [2.45, 2.75) is 11.4 Å². The van der Waals surface area contributed by atoms with Crippen LogP contribution in [0.1, 0.15) is 5.56 Å². The standard InChI is InChI=1S/C17H21ClN2O2S/c1-19(2)12-13-20(14-15-8-4-3-5-9-15)23(21,22)17-11-7-6-10-16(17)18/h3-11H,12-14H2,1-2H3. The van der Waals surface area contributed by atoms with Crippen molar-refractivity contribution in [3.63, 3.8) is 0 Å². The zero-order chi connectivity index (χ0) is 16.9. The summed E-state index contributed by atoms with van der Waals surface area (Å²) in [7, 11) is 0.188. The minimum absolute atomic E-state index is 0.149. The minimum Gasteiger partial charge on any atom is -0.308 e. The van der Waals surface area contributed by atoms with Crippen molar-refractivity contribution in [2.24, 2.45) is 0 Å². The van der Waals surface area contributed by atoms with Crippen LogP contribution in [0.15, 0.2) is 59.5 Å². The number of hydrogen-bond donors (Lipinski definition) is 0. The molecule has 2 aromatic rings. The first kappa shape index (κ1) is 17.9. The van der Waals surface area contributed by atoms with Crippen LogP contribution in [0.5, 0.6) is 0 Å². The van der Waals surface area contributed by atoms with E-state index in [9.17, 15) is 8.42 Å². The van der Waals surface area contributed by atoms with Gasteiger partial charge in [0.25, 0.3) is 0 Å². The van der Waals surface area contributed by atoms with Gasteiger partial charge in [-0.1, -0.05) is 54.1 Å². The average molecular weight is 353 g/mol. The van der Waals surface area contributed by atoms with Gasteiger partial charge in [-0.25, -0.2) is 8.42 Å². The molecule has 0 fully saturated rings. The van der Waals surface area contributed by atoms with Crippen molar-refractivity contribution in [2.75, 3.05) is 27.2 Å². The highest BCUT2D eigenvalue weighted by molar-refractivity contribution is 7.89. The number of rotatable bonds is 7. The van der Waals surface area contributed by atoms with Crippen LogP contribution in [0.4, 0.5) is 0 Å². The van der Waals surface area contributed by atoms with Crippen LogP contribution in [-0.4, -0.2) is 44.8 Å². The second kappa shape index (κ2) is 7.93. The van der Waals surface area contributed by atoms with Crippen LogP contribution in [-0.2, 0) is 16.6 Å². The zero-order valence-corrected chi connectivity index (χ0v) is 14.9. The van der Waals surface area contributed by atoms with E-state index in [-0.39, 0.29) is 9.92 Å². The summed E-state index contributed by atoms with van der Waals surface area (Å²) in [6, 6.07) is 16.1. The molecule has 0 heterocycles. The molecule has 0 aromatic heterocycles. The van der Waals surface area contributed by atoms with Crippen molar-refractivity contribution in [1.82, 2.24) is 9.21 Å². The molecule has 23 heavy (non-hydrogen) atoms. The smallest absolute Gasteiger partial charge is 0.244 e. The molecule has 0 aliphatic heterocycles. The van der Waals surface area contributed by atoms with Gasteiger partial charge in [0, 0.05) is 19.6 Å². The molecule has 0 atom stereocenters. The van der Waals surface area contributed by atoms with Gasteiger partial charge in [0.15, 0.2) is 0 Å². The van der Waals surface area contributed by atoms with Gasteiger partial charge in [0.1, 0.15) is 4.90 Å². The quantitative estimate of drug-likeness (QED) is 0.768. The molecule has 0 saturated carbocycles. The molecule has 0 bridgehead atoms. The molecule has 0 amide bonds. The van der Waals surface area contributed by atoms with Gasteiger partial charge in [0.2, 0.25) is 10.0 Å². The Morgan fingerprint density at radius 1 is 0.913 bits per heavy atom. The zero-order valence-electron chi connectivity index (χ0n) is 13.3. The molecule has 0 N–H and O–H groups in total. The molecule has 0 radical (unpaired) electrons. The lowest BCUT2D eigenvalue weighted by Gasteiger charge is -2.24. The highest BCUT2D eigenvalue weighted by Gasteiger charge is 2.26. The van der Waals surface area contributed by atoms with Crippen LogP contribution in [0.3, 0.4) is 0 Å². The maximum absolute atomic E-state index is 13.0. The molecule has 6 heteroatoms. The third kappa shape index (κ3) is 4.78. The van der Waals surface area contributed by atoms with Gasteiger partial charge in [0.05, 0.1) is 5.02 Å². The first-order chi connectivity index (χ1) is 10.9. The van der Waals surface area contributed by atoms with Crippen molar-refractivity contribution in [3.05, 3.63) is 65.2 Å². The highest BCUT2D eigenvalue weighted by atomic mass is 35.5.